The van der Waals surface area contributed by atoms with Crippen molar-refractivity contribution in [3.05, 3.63) is 120 Å². The zero-order valence-corrected chi connectivity index (χ0v) is 23.6. The van der Waals surface area contributed by atoms with Crippen LogP contribution in [-0.4, -0.2) is 21.8 Å². The minimum Gasteiger partial charge on any atom is -0.457 e. The fourth-order valence-electron chi connectivity index (χ4n) is 5.80. The quantitative estimate of drug-likeness (QED) is 0.148. The number of H-pyrrole nitrogens is 1. The van der Waals surface area contributed by atoms with E-state index in [2.05, 4.69) is 34.6 Å². The van der Waals surface area contributed by atoms with Crippen molar-refractivity contribution in [3.63, 3.8) is 0 Å². The summed E-state index contributed by atoms with van der Waals surface area (Å²) in [5, 5.41) is 5.27. The van der Waals surface area contributed by atoms with E-state index in [1.807, 2.05) is 48.5 Å². The number of hydrogen-bond donors (Lipinski definition) is 2. The van der Waals surface area contributed by atoms with Crippen LogP contribution in [0, 0.1) is 5.92 Å². The highest BCUT2D eigenvalue weighted by Crippen LogP contribution is 2.29. The second-order valence-corrected chi connectivity index (χ2v) is 11.1. The largest absolute Gasteiger partial charge is 0.457 e. The van der Waals surface area contributed by atoms with Crippen LogP contribution in [0.25, 0.3) is 22.2 Å². The molecule has 5 aromatic rings. The standard InChI is InChI=1S/C36H35N3O3/c40-35(37-31-18-10-17-30(23-31)36(41)42-24-26-13-6-3-7-14-26)33-32(21-25-11-4-1-2-5-12-25)38-34(39-33)29-20-19-27-15-8-9-16-28(27)22-29/h3,6-10,13-20,22-23,25H,1-2,4-5,11-12,21,24H2,(H,37,40)(H,38,39). The molecule has 0 radical (unpaired) electrons. The Balaban J connectivity index is 1.23. The zero-order valence-electron chi connectivity index (χ0n) is 23.6. The third-order valence-corrected chi connectivity index (χ3v) is 8.05. The zero-order chi connectivity index (χ0) is 28.7. The van der Waals surface area contributed by atoms with E-state index in [1.54, 1.807) is 24.3 Å². The second-order valence-electron chi connectivity index (χ2n) is 11.1. The number of nitrogens with one attached hydrogen (secondary N) is 2. The van der Waals surface area contributed by atoms with E-state index in [0.29, 0.717) is 28.7 Å². The number of carbonyl (C=O) groups excluding carboxylic acids is 2. The number of benzene rings is 4. The molecule has 0 aliphatic heterocycles. The molecule has 1 aliphatic rings. The number of aromatic amines is 1. The SMILES string of the molecule is O=C(OCc1ccccc1)c1cccc(NC(=O)c2nc(-c3ccc4ccccc4c3)[nH]c2CC2CCCCCC2)c1. The Hall–Kier alpha value is -4.71. The lowest BCUT2D eigenvalue weighted by Gasteiger charge is -2.13. The molecule has 0 spiro atoms. The van der Waals surface area contributed by atoms with Crippen LogP contribution in [0.1, 0.15) is 70.6 Å². The Morgan fingerprint density at radius 2 is 1.57 bits per heavy atom. The van der Waals surface area contributed by atoms with Gasteiger partial charge in [-0.05, 0) is 52.9 Å². The van der Waals surface area contributed by atoms with Crippen LogP contribution in [0.15, 0.2) is 97.1 Å². The number of carbonyl (C=O) groups is 2. The summed E-state index contributed by atoms with van der Waals surface area (Å²) in [6.45, 7) is 0.186. The molecule has 4 aromatic carbocycles. The van der Waals surface area contributed by atoms with Gasteiger partial charge in [-0.3, -0.25) is 4.79 Å². The second kappa shape index (κ2) is 12.9. The number of rotatable bonds is 8. The smallest absolute Gasteiger partial charge is 0.338 e. The molecular weight excluding hydrogens is 522 g/mol. The average molecular weight is 558 g/mol. The monoisotopic (exact) mass is 557 g/mol. The normalized spacial score (nSPS) is 13.9. The van der Waals surface area contributed by atoms with Crippen molar-refractivity contribution in [2.45, 2.75) is 51.6 Å². The van der Waals surface area contributed by atoms with Gasteiger partial charge in [0.2, 0.25) is 0 Å². The van der Waals surface area contributed by atoms with E-state index >= 15 is 0 Å². The highest BCUT2D eigenvalue weighted by atomic mass is 16.5. The van der Waals surface area contributed by atoms with Crippen molar-refractivity contribution < 1.29 is 14.3 Å². The number of ether oxygens (including phenoxy) is 1. The van der Waals surface area contributed by atoms with Crippen LogP contribution in [0.3, 0.4) is 0 Å². The molecular formula is C36H35N3O3. The van der Waals surface area contributed by atoms with Crippen LogP contribution in [0.2, 0.25) is 0 Å². The van der Waals surface area contributed by atoms with Gasteiger partial charge in [0, 0.05) is 16.9 Å². The molecule has 6 rings (SSSR count). The molecule has 0 atom stereocenters. The van der Waals surface area contributed by atoms with Crippen molar-refractivity contribution in [1.29, 1.82) is 0 Å². The molecule has 1 saturated carbocycles. The van der Waals surface area contributed by atoms with Gasteiger partial charge in [0.1, 0.15) is 18.1 Å². The van der Waals surface area contributed by atoms with Gasteiger partial charge in [-0.2, -0.15) is 0 Å². The van der Waals surface area contributed by atoms with E-state index in [4.69, 9.17) is 9.72 Å². The molecule has 1 amide bonds. The molecule has 0 saturated heterocycles. The molecule has 2 N–H and O–H groups in total. The summed E-state index contributed by atoms with van der Waals surface area (Å²) < 4.78 is 5.49. The summed E-state index contributed by atoms with van der Waals surface area (Å²) in [6.07, 6.45) is 8.13. The molecule has 212 valence electrons. The Bertz CT molecular complexity index is 1680. The maximum Gasteiger partial charge on any atom is 0.338 e. The highest BCUT2D eigenvalue weighted by molar-refractivity contribution is 6.05. The third-order valence-electron chi connectivity index (χ3n) is 8.05. The summed E-state index contributed by atoms with van der Waals surface area (Å²) in [7, 11) is 0. The van der Waals surface area contributed by atoms with Gasteiger partial charge < -0.3 is 15.0 Å². The summed E-state index contributed by atoms with van der Waals surface area (Å²) in [6, 6.07) is 30.9. The van der Waals surface area contributed by atoms with Gasteiger partial charge in [-0.1, -0.05) is 111 Å². The third kappa shape index (κ3) is 6.60. The lowest BCUT2D eigenvalue weighted by atomic mass is 9.94. The Kier molecular flexibility index (Phi) is 8.41. The number of esters is 1. The molecule has 0 bridgehead atoms. The fraction of sp³-hybridized carbons (Fsp3) is 0.250. The number of amides is 1. The molecule has 0 unspecified atom stereocenters. The van der Waals surface area contributed by atoms with E-state index in [-0.39, 0.29) is 12.5 Å². The first-order valence-corrected chi connectivity index (χ1v) is 14.8. The van der Waals surface area contributed by atoms with Crippen LogP contribution in [0.4, 0.5) is 5.69 Å². The predicted molar refractivity (Wildman–Crippen MR) is 166 cm³/mol. The minimum absolute atomic E-state index is 0.186. The topological polar surface area (TPSA) is 84.1 Å². The predicted octanol–water partition coefficient (Wildman–Crippen LogP) is 8.35. The number of aromatic nitrogens is 2. The first kappa shape index (κ1) is 27.5. The Morgan fingerprint density at radius 3 is 2.38 bits per heavy atom. The maximum atomic E-state index is 13.7. The van der Waals surface area contributed by atoms with Crippen LogP contribution in [0.5, 0.6) is 0 Å². The summed E-state index contributed by atoms with van der Waals surface area (Å²) in [5.74, 6) is 0.471. The minimum atomic E-state index is -0.442. The molecule has 1 heterocycles. The Labute approximate surface area is 246 Å². The number of fused-ring (bicyclic) bond motifs is 1. The molecule has 1 fully saturated rings. The highest BCUT2D eigenvalue weighted by Gasteiger charge is 2.23. The van der Waals surface area contributed by atoms with Crippen molar-refractivity contribution in [2.24, 2.45) is 5.92 Å². The van der Waals surface area contributed by atoms with E-state index in [0.717, 1.165) is 34.0 Å². The number of nitrogens with zero attached hydrogens (tertiary/aromatic N) is 1. The number of anilines is 1. The van der Waals surface area contributed by atoms with Crippen molar-refractivity contribution >= 4 is 28.3 Å². The first-order chi connectivity index (χ1) is 20.6. The first-order valence-electron chi connectivity index (χ1n) is 14.8. The van der Waals surface area contributed by atoms with Crippen molar-refractivity contribution in [1.82, 2.24) is 9.97 Å². The number of hydrogen-bond acceptors (Lipinski definition) is 4. The van der Waals surface area contributed by atoms with Gasteiger partial charge in [0.05, 0.1) is 5.56 Å². The lowest BCUT2D eigenvalue weighted by Crippen LogP contribution is -2.16. The lowest BCUT2D eigenvalue weighted by molar-refractivity contribution is 0.0472. The molecule has 42 heavy (non-hydrogen) atoms. The molecule has 6 heteroatoms. The molecule has 6 nitrogen and oxygen atoms in total. The number of imidazole rings is 1. The Morgan fingerprint density at radius 1 is 0.810 bits per heavy atom. The fourth-order valence-corrected chi connectivity index (χ4v) is 5.80. The van der Waals surface area contributed by atoms with Crippen LogP contribution < -0.4 is 5.32 Å². The maximum absolute atomic E-state index is 13.7. The van der Waals surface area contributed by atoms with Gasteiger partial charge in [-0.15, -0.1) is 0 Å². The van der Waals surface area contributed by atoms with Gasteiger partial charge in [0.25, 0.3) is 5.91 Å². The summed E-state index contributed by atoms with van der Waals surface area (Å²) in [4.78, 5) is 34.8. The van der Waals surface area contributed by atoms with E-state index in [1.165, 1.54) is 38.5 Å². The van der Waals surface area contributed by atoms with Crippen LogP contribution in [-0.2, 0) is 17.8 Å². The van der Waals surface area contributed by atoms with Crippen molar-refractivity contribution in [2.75, 3.05) is 5.32 Å². The van der Waals surface area contributed by atoms with Crippen LogP contribution >= 0.6 is 0 Å². The van der Waals surface area contributed by atoms with E-state index in [9.17, 15) is 9.59 Å². The van der Waals surface area contributed by atoms with Gasteiger partial charge in [-0.25, -0.2) is 9.78 Å². The summed E-state index contributed by atoms with van der Waals surface area (Å²) in [5.41, 5.74) is 4.02. The van der Waals surface area contributed by atoms with Gasteiger partial charge >= 0.3 is 5.97 Å². The van der Waals surface area contributed by atoms with E-state index < -0.39 is 5.97 Å². The molecule has 1 aliphatic carbocycles. The van der Waals surface area contributed by atoms with Crippen molar-refractivity contribution in [3.8, 4) is 11.4 Å². The molecule has 1 aromatic heterocycles. The average Bonchev–Trinajstić information content (AvgIpc) is 3.28. The summed E-state index contributed by atoms with van der Waals surface area (Å²) >= 11 is 0. The van der Waals surface area contributed by atoms with Gasteiger partial charge in [0.15, 0.2) is 0 Å².